The predicted molar refractivity (Wildman–Crippen MR) is 94.3 cm³/mol. The Morgan fingerprint density at radius 3 is 2.37 bits per heavy atom. The van der Waals surface area contributed by atoms with Crippen molar-refractivity contribution < 1.29 is 40.0 Å². The van der Waals surface area contributed by atoms with E-state index in [9.17, 15) is 35.5 Å². The molecule has 0 atom stereocenters. The highest BCUT2D eigenvalue weighted by molar-refractivity contribution is 7.89. The lowest BCUT2D eigenvalue weighted by atomic mass is 9.96. The SMILES string of the molecule is Cc1ccc(-c2noc(CO)c2-c2cc(F)c(S(N)(=O)=O)cc2F)cc1C(F)(F)F. The third-order valence-corrected chi connectivity index (χ3v) is 5.25. The van der Waals surface area contributed by atoms with E-state index in [2.05, 4.69) is 5.16 Å². The van der Waals surface area contributed by atoms with Crippen molar-refractivity contribution in [1.29, 1.82) is 0 Å². The molecule has 0 radical (unpaired) electrons. The van der Waals surface area contributed by atoms with Crippen LogP contribution in [0.5, 0.6) is 0 Å². The Balaban J connectivity index is 2.28. The lowest BCUT2D eigenvalue weighted by Gasteiger charge is -2.12. The molecule has 0 unspecified atom stereocenters. The molecule has 0 saturated carbocycles. The van der Waals surface area contributed by atoms with Gasteiger partial charge in [-0.05, 0) is 30.7 Å². The highest BCUT2D eigenvalue weighted by atomic mass is 32.2. The summed E-state index contributed by atoms with van der Waals surface area (Å²) >= 11 is 0. The van der Waals surface area contributed by atoms with Gasteiger partial charge in [-0.1, -0.05) is 17.3 Å². The average molecular weight is 448 g/mol. The summed E-state index contributed by atoms with van der Waals surface area (Å²) in [7, 11) is -4.57. The summed E-state index contributed by atoms with van der Waals surface area (Å²) < 4.78 is 96.3. The fourth-order valence-corrected chi connectivity index (χ4v) is 3.52. The zero-order valence-corrected chi connectivity index (χ0v) is 15.9. The standard InChI is InChI=1S/C18H13F5N2O4S/c1-8-2-3-9(4-11(8)18(21,22)23)17-16(14(7-26)29-25-17)10-5-13(20)15(6-12(10)19)30(24,27)28/h2-6,26H,7H2,1H3,(H2,24,27,28). The van der Waals surface area contributed by atoms with E-state index in [1.54, 1.807) is 0 Å². The molecule has 0 bridgehead atoms. The number of aliphatic hydroxyl groups is 1. The van der Waals surface area contributed by atoms with Crippen LogP contribution in [0.2, 0.25) is 0 Å². The number of aromatic nitrogens is 1. The van der Waals surface area contributed by atoms with Gasteiger partial charge in [0.25, 0.3) is 0 Å². The first-order valence-electron chi connectivity index (χ1n) is 8.14. The Morgan fingerprint density at radius 1 is 1.13 bits per heavy atom. The number of rotatable bonds is 4. The molecule has 0 saturated heterocycles. The van der Waals surface area contributed by atoms with Gasteiger partial charge >= 0.3 is 6.18 Å². The predicted octanol–water partition coefficient (Wildman–Crippen LogP) is 3.75. The fourth-order valence-electron chi connectivity index (χ4n) is 2.92. The number of sulfonamides is 1. The second-order valence-electron chi connectivity index (χ2n) is 6.32. The van der Waals surface area contributed by atoms with Gasteiger partial charge in [-0.2, -0.15) is 13.2 Å². The highest BCUT2D eigenvalue weighted by Crippen LogP contribution is 2.40. The minimum atomic E-state index is -4.68. The van der Waals surface area contributed by atoms with E-state index < -0.39 is 50.5 Å². The lowest BCUT2D eigenvalue weighted by molar-refractivity contribution is -0.138. The van der Waals surface area contributed by atoms with Crippen LogP contribution in [0, 0.1) is 18.6 Å². The van der Waals surface area contributed by atoms with Gasteiger partial charge in [0.2, 0.25) is 10.0 Å². The molecule has 0 fully saturated rings. The molecule has 3 rings (SSSR count). The molecule has 1 heterocycles. The zero-order chi connectivity index (χ0) is 22.4. The zero-order valence-electron chi connectivity index (χ0n) is 15.1. The maximum absolute atomic E-state index is 14.7. The molecule has 0 amide bonds. The molecule has 3 N–H and O–H groups in total. The number of aliphatic hydroxyl groups excluding tert-OH is 1. The highest BCUT2D eigenvalue weighted by Gasteiger charge is 2.33. The Bertz CT molecular complexity index is 1240. The van der Waals surface area contributed by atoms with Gasteiger partial charge < -0.3 is 9.63 Å². The molecule has 12 heteroatoms. The topological polar surface area (TPSA) is 106 Å². The van der Waals surface area contributed by atoms with Crippen molar-refractivity contribution in [3.8, 4) is 22.4 Å². The van der Waals surface area contributed by atoms with Crippen LogP contribution in [-0.2, 0) is 22.8 Å². The quantitative estimate of drug-likeness (QED) is 0.592. The van der Waals surface area contributed by atoms with Crippen molar-refractivity contribution in [2.45, 2.75) is 24.6 Å². The Morgan fingerprint density at radius 2 is 1.80 bits per heavy atom. The maximum Gasteiger partial charge on any atom is 0.416 e. The Labute approximate surface area is 166 Å². The monoisotopic (exact) mass is 448 g/mol. The molecule has 0 aliphatic carbocycles. The molecular formula is C18H13F5N2O4S. The second-order valence-corrected chi connectivity index (χ2v) is 7.85. The molecule has 2 aromatic carbocycles. The number of hydrogen-bond acceptors (Lipinski definition) is 5. The second kappa shape index (κ2) is 7.45. The number of alkyl halides is 3. The number of nitrogens with zero attached hydrogens (tertiary/aromatic N) is 1. The van der Waals surface area contributed by atoms with E-state index >= 15 is 0 Å². The van der Waals surface area contributed by atoms with Crippen molar-refractivity contribution in [3.05, 3.63) is 58.9 Å². The summed E-state index contributed by atoms with van der Waals surface area (Å²) in [6, 6.07) is 4.00. The summed E-state index contributed by atoms with van der Waals surface area (Å²) in [5.74, 6) is -3.02. The van der Waals surface area contributed by atoms with Crippen LogP contribution in [0.25, 0.3) is 22.4 Å². The van der Waals surface area contributed by atoms with Gasteiger partial charge in [0.15, 0.2) is 5.76 Å². The van der Waals surface area contributed by atoms with Gasteiger partial charge in [0.1, 0.15) is 28.8 Å². The summed E-state index contributed by atoms with van der Waals surface area (Å²) in [5.41, 5.74) is -2.39. The van der Waals surface area contributed by atoms with Crippen LogP contribution < -0.4 is 5.14 Å². The molecule has 1 aromatic heterocycles. The number of hydrogen-bond donors (Lipinski definition) is 2. The van der Waals surface area contributed by atoms with Crippen molar-refractivity contribution >= 4 is 10.0 Å². The summed E-state index contributed by atoms with van der Waals surface area (Å²) in [5, 5.41) is 17.9. The lowest BCUT2D eigenvalue weighted by Crippen LogP contribution is -2.14. The maximum atomic E-state index is 14.7. The Hall–Kier alpha value is -2.83. The molecular weight excluding hydrogens is 435 g/mol. The van der Waals surface area contributed by atoms with Crippen LogP contribution in [0.15, 0.2) is 39.8 Å². The Kier molecular flexibility index (Phi) is 5.43. The normalized spacial score (nSPS) is 12.4. The van der Waals surface area contributed by atoms with Crippen molar-refractivity contribution in [2.24, 2.45) is 5.14 Å². The van der Waals surface area contributed by atoms with Gasteiger partial charge in [0, 0.05) is 11.1 Å². The van der Waals surface area contributed by atoms with Gasteiger partial charge in [0.05, 0.1) is 11.1 Å². The third kappa shape index (κ3) is 3.93. The first-order chi connectivity index (χ1) is 13.8. The first-order valence-corrected chi connectivity index (χ1v) is 9.69. The molecule has 30 heavy (non-hydrogen) atoms. The average Bonchev–Trinajstić information content (AvgIpc) is 3.05. The van der Waals surface area contributed by atoms with E-state index in [-0.39, 0.29) is 28.1 Å². The third-order valence-electron chi connectivity index (χ3n) is 4.32. The number of halogens is 5. The minimum absolute atomic E-state index is 0.0755. The molecule has 0 spiro atoms. The van der Waals surface area contributed by atoms with Crippen molar-refractivity contribution in [1.82, 2.24) is 5.16 Å². The van der Waals surface area contributed by atoms with E-state index in [0.29, 0.717) is 12.1 Å². The summed E-state index contributed by atoms with van der Waals surface area (Å²) in [4.78, 5) is -1.11. The molecule has 3 aromatic rings. The van der Waals surface area contributed by atoms with E-state index in [1.807, 2.05) is 0 Å². The molecule has 0 aliphatic rings. The first kappa shape index (κ1) is 21.9. The fraction of sp³-hybridized carbons (Fsp3) is 0.167. The van der Waals surface area contributed by atoms with E-state index in [4.69, 9.17) is 9.66 Å². The van der Waals surface area contributed by atoms with Gasteiger partial charge in [-0.3, -0.25) is 0 Å². The smallest absolute Gasteiger partial charge is 0.388 e. The number of benzene rings is 2. The minimum Gasteiger partial charge on any atom is -0.388 e. The van der Waals surface area contributed by atoms with Gasteiger partial charge in [-0.15, -0.1) is 0 Å². The van der Waals surface area contributed by atoms with Crippen molar-refractivity contribution in [2.75, 3.05) is 0 Å². The van der Waals surface area contributed by atoms with E-state index in [0.717, 1.165) is 12.1 Å². The van der Waals surface area contributed by atoms with Crippen LogP contribution in [-0.4, -0.2) is 18.7 Å². The largest absolute Gasteiger partial charge is 0.416 e. The van der Waals surface area contributed by atoms with Crippen molar-refractivity contribution in [3.63, 3.8) is 0 Å². The number of primary sulfonamides is 1. The van der Waals surface area contributed by atoms with Crippen LogP contribution in [0.1, 0.15) is 16.9 Å². The summed E-state index contributed by atoms with van der Waals surface area (Å²) in [6.07, 6.45) is -4.68. The van der Waals surface area contributed by atoms with Crippen LogP contribution in [0.3, 0.4) is 0 Å². The molecule has 6 nitrogen and oxygen atoms in total. The van der Waals surface area contributed by atoms with Crippen LogP contribution >= 0.6 is 0 Å². The molecule has 160 valence electrons. The van der Waals surface area contributed by atoms with E-state index in [1.165, 1.54) is 13.0 Å². The van der Waals surface area contributed by atoms with Crippen LogP contribution in [0.4, 0.5) is 22.0 Å². The number of nitrogens with two attached hydrogens (primary N) is 1. The molecule has 0 aliphatic heterocycles. The van der Waals surface area contributed by atoms with Gasteiger partial charge in [-0.25, -0.2) is 22.3 Å². The number of aryl methyl sites for hydroxylation is 1. The summed E-state index contributed by atoms with van der Waals surface area (Å²) in [6.45, 7) is 0.412.